The minimum atomic E-state index is -2.28. The highest BCUT2D eigenvalue weighted by atomic mass is 32.1. The van der Waals surface area contributed by atoms with Crippen molar-refractivity contribution < 1.29 is 31.4 Å². The smallest absolute Gasteiger partial charge is 0.384 e. The molecule has 0 amide bonds. The molecule has 0 radical (unpaired) electrons. The molecule has 0 atom stereocenters. The number of benzene rings is 1. The van der Waals surface area contributed by atoms with Crippen LogP contribution in [0.2, 0.25) is 0 Å². The minimum absolute atomic E-state index is 0.571. The van der Waals surface area contributed by atoms with Gasteiger partial charge in [0.2, 0.25) is 27.8 Å². The van der Waals surface area contributed by atoms with Gasteiger partial charge >= 0.3 is 5.89 Å². The maximum absolute atomic E-state index is 8.03. The van der Waals surface area contributed by atoms with Crippen LogP contribution in [0.1, 0.15) is 32.6 Å². The number of nitrogens with zero attached hydrogens (tertiary/aromatic N) is 23. The lowest BCUT2D eigenvalue weighted by atomic mass is 10.2. The molecule has 0 fully saturated rings. The summed E-state index contributed by atoms with van der Waals surface area (Å²) in [5.41, 5.74) is 26.7. The fourth-order valence-corrected chi connectivity index (χ4v) is 17.2. The molecule has 0 spiro atoms. The molecule has 26 rings (SSSR count). The van der Waals surface area contributed by atoms with Crippen LogP contribution in [-0.4, -0.2) is 86.5 Å². The topological polar surface area (TPSA) is 198 Å². The first-order valence-electron chi connectivity index (χ1n) is 35.1. The highest BCUT2D eigenvalue weighted by molar-refractivity contribution is 7.21. The monoisotopic (exact) mass is 1370 g/mol. The molecule has 0 saturated carbocycles. The number of hydrogen-bond acceptors (Lipinski definition) is 12. The van der Waals surface area contributed by atoms with E-state index in [2.05, 4.69) is 168 Å². The van der Waals surface area contributed by atoms with E-state index in [0.717, 1.165) is 122 Å². The van der Waals surface area contributed by atoms with Crippen LogP contribution in [0.15, 0.2) is 249 Å². The molecule has 21 aromatic rings. The van der Waals surface area contributed by atoms with E-state index in [1.807, 2.05) is 176 Å². The predicted octanol–water partition coefficient (Wildman–Crippen LogP) is 10.1. The Morgan fingerprint density at radius 1 is 0.417 bits per heavy atom. The standard InChI is InChI=1S/C20H14N5.2C15H12N5.C14H9N4O.C14H9N4S/c1-2-6-14(7-3-1)25-19-17-9-5-11-22-24(17)13-18(19)23-12-16-15(20(23)25)8-4-10-21-16;2*1-18-14-12-5-3-7-17-20(12)9-13(14)19-8-11-10(15(18)19)4-2-6-16-11;1-3-9-10(15-5-1)7-17-12-8-18-11(4-2-6-16-18)13(12)19-14(9)17;1-3-9-10(15-4-1)7-18-12-11(19-14(9)18)8-17-6-2-5-16-13(12)17/h1-11,13H,12H2;2*2-7,9H,8H2,1H3;2*1-6,8H,7H2/q5*+1/i;1D3;;;. The van der Waals surface area contributed by atoms with Crippen molar-refractivity contribution in [2.24, 2.45) is 14.0 Å². The maximum Gasteiger partial charge on any atom is 0.384 e. The molecule has 0 N–H and O–H groups in total. The zero-order valence-corrected chi connectivity index (χ0v) is 55.5. The van der Waals surface area contributed by atoms with Crippen molar-refractivity contribution in [2.45, 2.75) is 32.7 Å². The van der Waals surface area contributed by atoms with Crippen LogP contribution in [0.25, 0.3) is 144 Å². The Morgan fingerprint density at radius 2 is 0.922 bits per heavy atom. The Kier molecular flexibility index (Phi) is 11.5. The van der Waals surface area contributed by atoms with Crippen molar-refractivity contribution in [1.82, 2.24) is 86.5 Å². The molecule has 25 heteroatoms. The lowest BCUT2D eigenvalue weighted by Crippen LogP contribution is -2.31. The van der Waals surface area contributed by atoms with Crippen molar-refractivity contribution in [3.05, 3.63) is 273 Å². The van der Waals surface area contributed by atoms with Crippen molar-refractivity contribution in [1.29, 1.82) is 0 Å². The van der Waals surface area contributed by atoms with E-state index in [1.54, 1.807) is 23.1 Å². The Labute approximate surface area is 590 Å². The Balaban J connectivity index is 0.0000000830. The first-order valence-corrected chi connectivity index (χ1v) is 34.5. The number of oxazole rings is 1. The average Bonchev–Trinajstić information content (AvgIpc) is 1.59. The Bertz CT molecular complexity index is 7230. The zero-order chi connectivity index (χ0) is 70.2. The summed E-state index contributed by atoms with van der Waals surface area (Å²) < 4.78 is 58.1. The van der Waals surface area contributed by atoms with Crippen LogP contribution >= 0.6 is 11.3 Å². The molecule has 1 aromatic carbocycles. The zero-order valence-electron chi connectivity index (χ0n) is 57.7. The van der Waals surface area contributed by atoms with Crippen molar-refractivity contribution >= 4 is 93.5 Å². The van der Waals surface area contributed by atoms with Gasteiger partial charge < -0.3 is 8.82 Å². The van der Waals surface area contributed by atoms with E-state index in [-0.39, 0.29) is 0 Å². The van der Waals surface area contributed by atoms with E-state index in [1.165, 1.54) is 70.2 Å². The van der Waals surface area contributed by atoms with E-state index in [4.69, 9.17) is 8.53 Å². The summed E-state index contributed by atoms with van der Waals surface area (Å²) >= 11 is 1.82. The molecule has 5 aliphatic rings. The number of rotatable bonds is 1. The predicted molar refractivity (Wildman–Crippen MR) is 384 cm³/mol. The van der Waals surface area contributed by atoms with Crippen molar-refractivity contribution in [3.63, 3.8) is 0 Å². The molecule has 0 bridgehead atoms. The van der Waals surface area contributed by atoms with Gasteiger partial charge in [0.15, 0.2) is 29.6 Å². The third-order valence-corrected chi connectivity index (χ3v) is 21.4. The molecule has 5 aliphatic heterocycles. The van der Waals surface area contributed by atoms with E-state index in [9.17, 15) is 0 Å². The summed E-state index contributed by atoms with van der Waals surface area (Å²) in [7, 11) is 2.11. The van der Waals surface area contributed by atoms with Crippen LogP contribution < -0.4 is 22.8 Å². The molecular weight excluding hydrogens is 1310 g/mol. The average molecular weight is 1370 g/mol. The number of imidazole rings is 3. The van der Waals surface area contributed by atoms with Gasteiger partial charge in [0, 0.05) is 74.4 Å². The van der Waals surface area contributed by atoms with Gasteiger partial charge in [-0.1, -0.05) is 29.5 Å². The third kappa shape index (κ3) is 8.35. The molecule has 0 saturated heterocycles. The normalized spacial score (nSPS) is 13.5. The summed E-state index contributed by atoms with van der Waals surface area (Å²) in [6.45, 7) is 1.52. The molecular formula is C78H56N23OS+5. The molecule has 20 aromatic heterocycles. The van der Waals surface area contributed by atoms with Gasteiger partial charge in [-0.05, 0) is 127 Å². The van der Waals surface area contributed by atoms with Gasteiger partial charge in [-0.2, -0.15) is 29.5 Å². The van der Waals surface area contributed by atoms with Gasteiger partial charge in [0.25, 0.3) is 33.5 Å². The number of fused-ring (bicyclic) bond motifs is 35. The fourth-order valence-electron chi connectivity index (χ4n) is 16.0. The first kappa shape index (κ1) is 54.1. The van der Waals surface area contributed by atoms with Crippen LogP contribution in [0, 0.1) is 0 Å². The molecule has 490 valence electrons. The van der Waals surface area contributed by atoms with E-state index < -0.39 is 6.98 Å². The summed E-state index contributed by atoms with van der Waals surface area (Å²) in [6, 6.07) is 48.5. The van der Waals surface area contributed by atoms with Gasteiger partial charge in [0.1, 0.15) is 75.2 Å². The molecule has 25 heterocycles. The van der Waals surface area contributed by atoms with Gasteiger partial charge in [0.05, 0.1) is 76.1 Å². The van der Waals surface area contributed by atoms with Crippen LogP contribution in [-0.2, 0) is 46.7 Å². The number of hydrogen-bond donors (Lipinski definition) is 0. The minimum Gasteiger partial charge on any atom is -0.395 e. The third-order valence-electron chi connectivity index (χ3n) is 20.3. The highest BCUT2D eigenvalue weighted by Gasteiger charge is 2.41. The number of aromatic nitrogens is 23. The van der Waals surface area contributed by atoms with Gasteiger partial charge in [-0.25, -0.2) is 45.9 Å². The number of pyridine rings is 5. The van der Waals surface area contributed by atoms with Crippen molar-refractivity contribution in [2.75, 3.05) is 0 Å². The van der Waals surface area contributed by atoms with Crippen LogP contribution in [0.4, 0.5) is 0 Å². The number of thiazole rings is 1. The highest BCUT2D eigenvalue weighted by Crippen LogP contribution is 2.40. The molecule has 103 heavy (non-hydrogen) atoms. The molecule has 24 nitrogen and oxygen atoms in total. The summed E-state index contributed by atoms with van der Waals surface area (Å²) in [6.07, 6.45) is 30.4. The van der Waals surface area contributed by atoms with Crippen LogP contribution in [0.5, 0.6) is 0 Å². The summed E-state index contributed by atoms with van der Waals surface area (Å²) in [5, 5.41) is 18.7. The van der Waals surface area contributed by atoms with E-state index in [0.29, 0.717) is 17.9 Å². The SMILES string of the molecule is C[n+]1c2n(c3cn4ncccc4c31)Cc1ncccc1-2.[2H]C([2H])([2H])[n+]1c2n(c3cn4ncccc4c31)Cc1ncccc1-2.c1ccc(-n2c3[n+](c4cn5ncccc5c42)Cc2ncccc2-3)cc1.c1cnc2c(c1)-c1oc3c4cccnn4cc3[n+]1C2.c1cnc2c(c1)-c1sc3cn4cccnc4c3[n+]1C2. The first-order chi connectivity index (χ1) is 52.1. The van der Waals surface area contributed by atoms with E-state index >= 15 is 0 Å². The lowest BCUT2D eigenvalue weighted by Gasteiger charge is -2.02. The lowest BCUT2D eigenvalue weighted by molar-refractivity contribution is -0.649. The van der Waals surface area contributed by atoms with Gasteiger partial charge in [-0.3, -0.25) is 24.9 Å². The number of aryl methyl sites for hydroxylation is 2. The Hall–Kier alpha value is -13.8. The summed E-state index contributed by atoms with van der Waals surface area (Å²) in [5.74, 6) is 3.99. The summed E-state index contributed by atoms with van der Waals surface area (Å²) in [4.78, 5) is 26.9. The van der Waals surface area contributed by atoms with Crippen molar-refractivity contribution in [3.8, 4) is 61.9 Å². The molecule has 0 aliphatic carbocycles. The fraction of sp³-hybridized carbons (Fsp3) is 0.0897. The van der Waals surface area contributed by atoms with Crippen LogP contribution in [0.3, 0.4) is 0 Å². The second kappa shape index (κ2) is 21.8. The Morgan fingerprint density at radius 3 is 1.58 bits per heavy atom. The number of para-hydroxylation sites is 1. The second-order valence-electron chi connectivity index (χ2n) is 25.8. The maximum atomic E-state index is 8.03. The second-order valence-corrected chi connectivity index (χ2v) is 26.8. The molecule has 0 unspecified atom stereocenters. The quantitative estimate of drug-likeness (QED) is 0.142. The van der Waals surface area contributed by atoms with Gasteiger partial charge in [-0.15, -0.1) is 4.57 Å². The largest absolute Gasteiger partial charge is 0.395 e.